The molecule has 22 heavy (non-hydrogen) atoms. The van der Waals surface area contributed by atoms with E-state index >= 15 is 0 Å². The fourth-order valence-electron chi connectivity index (χ4n) is 3.36. The van der Waals surface area contributed by atoms with Gasteiger partial charge in [0.2, 0.25) is 5.91 Å². The molecule has 0 atom stereocenters. The number of aryl methyl sites for hydroxylation is 2. The van der Waals surface area contributed by atoms with Crippen LogP contribution in [0.5, 0.6) is 0 Å². The predicted molar refractivity (Wildman–Crippen MR) is 89.0 cm³/mol. The van der Waals surface area contributed by atoms with Crippen LogP contribution in [0.3, 0.4) is 0 Å². The van der Waals surface area contributed by atoms with Crippen molar-refractivity contribution in [3.05, 3.63) is 35.1 Å². The van der Waals surface area contributed by atoms with E-state index < -0.39 is 0 Å². The largest absolute Gasteiger partial charge is 0.464 e. The number of hydrogen-bond donors (Lipinski definition) is 1. The number of benzene rings is 1. The quantitative estimate of drug-likeness (QED) is 0.915. The highest BCUT2D eigenvalue weighted by molar-refractivity contribution is 5.88. The van der Waals surface area contributed by atoms with Crippen molar-refractivity contribution in [2.45, 2.75) is 52.4 Å². The average molecular weight is 299 g/mol. The highest BCUT2D eigenvalue weighted by Crippen LogP contribution is 2.25. The molecule has 1 fully saturated rings. The van der Waals surface area contributed by atoms with Crippen molar-refractivity contribution in [2.24, 2.45) is 5.92 Å². The maximum atomic E-state index is 12.2. The first-order valence-corrected chi connectivity index (χ1v) is 8.37. The molecule has 0 spiro atoms. The van der Waals surface area contributed by atoms with Crippen molar-refractivity contribution in [1.82, 2.24) is 5.32 Å². The molecular weight excluding hydrogens is 274 g/mol. The molecule has 3 nitrogen and oxygen atoms in total. The van der Waals surface area contributed by atoms with Gasteiger partial charge in [0, 0.05) is 17.5 Å². The van der Waals surface area contributed by atoms with Gasteiger partial charge in [-0.25, -0.2) is 0 Å². The predicted octanol–water partition coefficient (Wildman–Crippen LogP) is 4.29. The van der Waals surface area contributed by atoms with Gasteiger partial charge in [-0.15, -0.1) is 0 Å². The lowest BCUT2D eigenvalue weighted by Crippen LogP contribution is -2.31. The molecule has 0 unspecified atom stereocenters. The average Bonchev–Trinajstić information content (AvgIpc) is 2.89. The summed E-state index contributed by atoms with van der Waals surface area (Å²) in [5, 5.41) is 4.17. The van der Waals surface area contributed by atoms with Crippen LogP contribution in [-0.2, 0) is 11.2 Å². The van der Waals surface area contributed by atoms with Gasteiger partial charge in [-0.2, -0.15) is 0 Å². The Hall–Kier alpha value is -1.77. The van der Waals surface area contributed by atoms with E-state index in [-0.39, 0.29) is 5.91 Å². The monoisotopic (exact) mass is 299 g/mol. The molecule has 1 amide bonds. The SMILES string of the molecule is Cc1cc2occ(CC(=O)NCC3CCCCC3)c2cc1C. The van der Waals surface area contributed by atoms with Gasteiger partial charge in [-0.3, -0.25) is 4.79 Å². The summed E-state index contributed by atoms with van der Waals surface area (Å²) in [5.74, 6) is 0.773. The molecule has 0 radical (unpaired) electrons. The first-order valence-electron chi connectivity index (χ1n) is 8.37. The summed E-state index contributed by atoms with van der Waals surface area (Å²) in [6, 6.07) is 4.17. The van der Waals surface area contributed by atoms with Crippen LogP contribution in [0.15, 0.2) is 22.8 Å². The van der Waals surface area contributed by atoms with Crippen LogP contribution in [0.4, 0.5) is 0 Å². The number of rotatable bonds is 4. The second-order valence-electron chi connectivity index (χ2n) is 6.68. The van der Waals surface area contributed by atoms with Crippen molar-refractivity contribution in [1.29, 1.82) is 0 Å². The maximum Gasteiger partial charge on any atom is 0.224 e. The first kappa shape index (κ1) is 15.1. The molecule has 1 aliphatic rings. The van der Waals surface area contributed by atoms with Gasteiger partial charge in [0.25, 0.3) is 0 Å². The number of fused-ring (bicyclic) bond motifs is 1. The van der Waals surface area contributed by atoms with Gasteiger partial charge in [0.05, 0.1) is 12.7 Å². The molecule has 3 rings (SSSR count). The van der Waals surface area contributed by atoms with Gasteiger partial charge in [-0.05, 0) is 55.9 Å². The van der Waals surface area contributed by atoms with Crippen LogP contribution < -0.4 is 5.32 Å². The molecule has 1 aromatic carbocycles. The molecule has 1 saturated carbocycles. The van der Waals surface area contributed by atoms with Crippen molar-refractivity contribution < 1.29 is 9.21 Å². The summed E-state index contributed by atoms with van der Waals surface area (Å²) < 4.78 is 5.60. The van der Waals surface area contributed by atoms with Crippen molar-refractivity contribution >= 4 is 16.9 Å². The Balaban J connectivity index is 1.62. The molecule has 1 aliphatic carbocycles. The molecule has 1 heterocycles. The first-order chi connectivity index (χ1) is 10.6. The normalized spacial score (nSPS) is 16.1. The third kappa shape index (κ3) is 3.34. The third-order valence-corrected chi connectivity index (χ3v) is 4.93. The Morgan fingerprint density at radius 1 is 1.18 bits per heavy atom. The zero-order chi connectivity index (χ0) is 15.5. The van der Waals surface area contributed by atoms with Gasteiger partial charge in [0.15, 0.2) is 0 Å². The van der Waals surface area contributed by atoms with E-state index in [0.717, 1.165) is 23.1 Å². The lowest BCUT2D eigenvalue weighted by Gasteiger charge is -2.21. The van der Waals surface area contributed by atoms with Crippen LogP contribution in [0.2, 0.25) is 0 Å². The summed E-state index contributed by atoms with van der Waals surface area (Å²) in [7, 11) is 0. The number of carbonyl (C=O) groups excluding carboxylic acids is 1. The molecule has 0 bridgehead atoms. The Morgan fingerprint density at radius 3 is 2.68 bits per heavy atom. The van der Waals surface area contributed by atoms with E-state index in [1.54, 1.807) is 6.26 Å². The standard InChI is InChI=1S/C19H25NO2/c1-13-8-17-16(12-22-18(17)9-14(13)2)10-19(21)20-11-15-6-4-3-5-7-15/h8-9,12,15H,3-7,10-11H2,1-2H3,(H,20,21). The summed E-state index contributed by atoms with van der Waals surface area (Å²) in [6.45, 7) is 5.00. The van der Waals surface area contributed by atoms with E-state index in [0.29, 0.717) is 12.3 Å². The lowest BCUT2D eigenvalue weighted by atomic mass is 9.89. The second-order valence-corrected chi connectivity index (χ2v) is 6.68. The van der Waals surface area contributed by atoms with Crippen molar-refractivity contribution in [2.75, 3.05) is 6.54 Å². The molecule has 0 saturated heterocycles. The zero-order valence-corrected chi connectivity index (χ0v) is 13.6. The number of hydrogen-bond acceptors (Lipinski definition) is 2. The summed E-state index contributed by atoms with van der Waals surface area (Å²) in [4.78, 5) is 12.2. The van der Waals surface area contributed by atoms with Crippen LogP contribution >= 0.6 is 0 Å². The molecule has 2 aromatic rings. The summed E-state index contributed by atoms with van der Waals surface area (Å²) in [6.07, 6.45) is 8.62. The van der Waals surface area contributed by atoms with Crippen LogP contribution in [-0.4, -0.2) is 12.5 Å². The van der Waals surface area contributed by atoms with E-state index in [2.05, 4.69) is 25.2 Å². The highest BCUT2D eigenvalue weighted by Gasteiger charge is 2.16. The number of amides is 1. The number of furan rings is 1. The Kier molecular flexibility index (Phi) is 4.51. The summed E-state index contributed by atoms with van der Waals surface area (Å²) in [5.41, 5.74) is 4.31. The number of nitrogens with one attached hydrogen (secondary N) is 1. The topological polar surface area (TPSA) is 42.2 Å². The van der Waals surface area contributed by atoms with Crippen molar-refractivity contribution in [3.63, 3.8) is 0 Å². The molecular formula is C19H25NO2. The van der Waals surface area contributed by atoms with Gasteiger partial charge in [0.1, 0.15) is 5.58 Å². The third-order valence-electron chi connectivity index (χ3n) is 4.93. The zero-order valence-electron chi connectivity index (χ0n) is 13.6. The van der Waals surface area contributed by atoms with E-state index in [1.165, 1.54) is 43.2 Å². The van der Waals surface area contributed by atoms with E-state index in [4.69, 9.17) is 4.42 Å². The Bertz CT molecular complexity index is 665. The van der Waals surface area contributed by atoms with Gasteiger partial charge < -0.3 is 9.73 Å². The Morgan fingerprint density at radius 2 is 1.91 bits per heavy atom. The van der Waals surface area contributed by atoms with E-state index in [1.807, 2.05) is 6.07 Å². The molecule has 1 aromatic heterocycles. The van der Waals surface area contributed by atoms with Crippen LogP contribution in [0.1, 0.15) is 48.8 Å². The lowest BCUT2D eigenvalue weighted by molar-refractivity contribution is -0.120. The molecule has 0 aliphatic heterocycles. The molecule has 118 valence electrons. The van der Waals surface area contributed by atoms with Crippen LogP contribution in [0, 0.1) is 19.8 Å². The van der Waals surface area contributed by atoms with Gasteiger partial charge >= 0.3 is 0 Å². The smallest absolute Gasteiger partial charge is 0.224 e. The molecule has 1 N–H and O–H groups in total. The molecule has 3 heteroatoms. The minimum atomic E-state index is 0.103. The second kappa shape index (κ2) is 6.55. The fraction of sp³-hybridized carbons (Fsp3) is 0.526. The fourth-order valence-corrected chi connectivity index (χ4v) is 3.36. The minimum absolute atomic E-state index is 0.103. The highest BCUT2D eigenvalue weighted by atomic mass is 16.3. The Labute approximate surface area is 132 Å². The van der Waals surface area contributed by atoms with Crippen molar-refractivity contribution in [3.8, 4) is 0 Å². The summed E-state index contributed by atoms with van der Waals surface area (Å²) >= 11 is 0. The minimum Gasteiger partial charge on any atom is -0.464 e. The van der Waals surface area contributed by atoms with Crippen LogP contribution in [0.25, 0.3) is 11.0 Å². The maximum absolute atomic E-state index is 12.2. The van der Waals surface area contributed by atoms with E-state index in [9.17, 15) is 4.79 Å². The number of carbonyl (C=O) groups is 1. The van der Waals surface area contributed by atoms with Gasteiger partial charge in [-0.1, -0.05) is 19.3 Å².